The van der Waals surface area contributed by atoms with Crippen LogP contribution in [0.3, 0.4) is 0 Å². The van der Waals surface area contributed by atoms with Crippen molar-refractivity contribution < 1.29 is 9.47 Å². The predicted octanol–water partition coefficient (Wildman–Crippen LogP) is 1.86. The van der Waals surface area contributed by atoms with E-state index in [1.54, 1.807) is 6.20 Å². The maximum Gasteiger partial charge on any atom is 0.168 e. The summed E-state index contributed by atoms with van der Waals surface area (Å²) in [5, 5.41) is 3.23. The highest BCUT2D eigenvalue weighted by Crippen LogP contribution is 2.21. The number of rotatable bonds is 9. The summed E-state index contributed by atoms with van der Waals surface area (Å²) in [7, 11) is 4.07. The number of aromatic nitrogens is 1. The number of hydrogen-bond donors (Lipinski definition) is 1. The van der Waals surface area contributed by atoms with Crippen molar-refractivity contribution >= 4 is 5.82 Å². The molecule has 0 fully saturated rings. The molecular formula is C14H25N3O2. The number of ether oxygens (including phenoxy) is 2. The predicted molar refractivity (Wildman–Crippen MR) is 77.9 cm³/mol. The maximum atomic E-state index is 5.68. The van der Waals surface area contributed by atoms with Gasteiger partial charge in [0.15, 0.2) is 11.6 Å². The number of anilines is 1. The van der Waals surface area contributed by atoms with Crippen LogP contribution < -0.4 is 10.1 Å². The maximum absolute atomic E-state index is 5.68. The number of nitrogens with zero attached hydrogens (tertiary/aromatic N) is 2. The monoisotopic (exact) mass is 267 g/mol. The van der Waals surface area contributed by atoms with Crippen molar-refractivity contribution in [3.63, 3.8) is 0 Å². The summed E-state index contributed by atoms with van der Waals surface area (Å²) in [5.41, 5.74) is 0. The molecule has 0 spiro atoms. The molecule has 1 N–H and O–H groups in total. The van der Waals surface area contributed by atoms with E-state index in [-0.39, 0.29) is 6.10 Å². The topological polar surface area (TPSA) is 46.6 Å². The van der Waals surface area contributed by atoms with Gasteiger partial charge in [-0.05, 0) is 40.1 Å². The molecule has 0 unspecified atom stereocenters. The minimum absolute atomic E-state index is 0.140. The molecule has 0 amide bonds. The summed E-state index contributed by atoms with van der Waals surface area (Å²) < 4.78 is 11.2. The zero-order chi connectivity index (χ0) is 14.1. The minimum Gasteiger partial charge on any atom is -0.487 e. The largest absolute Gasteiger partial charge is 0.487 e. The third kappa shape index (κ3) is 6.98. The van der Waals surface area contributed by atoms with Crippen molar-refractivity contribution in [2.45, 2.75) is 20.0 Å². The molecule has 0 radical (unpaired) electrons. The van der Waals surface area contributed by atoms with Crippen LogP contribution in [-0.2, 0) is 4.74 Å². The van der Waals surface area contributed by atoms with Crippen molar-refractivity contribution in [3.8, 4) is 5.75 Å². The average Bonchev–Trinajstić information content (AvgIpc) is 2.34. The van der Waals surface area contributed by atoms with Crippen LogP contribution in [0, 0.1) is 0 Å². The number of pyridine rings is 1. The first kappa shape index (κ1) is 15.7. The van der Waals surface area contributed by atoms with Gasteiger partial charge in [-0.3, -0.25) is 0 Å². The molecule has 108 valence electrons. The van der Waals surface area contributed by atoms with Gasteiger partial charge in [0.2, 0.25) is 0 Å². The summed E-state index contributed by atoms with van der Waals surface area (Å²) >= 11 is 0. The lowest BCUT2D eigenvalue weighted by Crippen LogP contribution is -2.20. The smallest absolute Gasteiger partial charge is 0.168 e. The van der Waals surface area contributed by atoms with E-state index in [0.717, 1.165) is 31.3 Å². The first-order valence-electron chi connectivity index (χ1n) is 6.67. The van der Waals surface area contributed by atoms with Crippen molar-refractivity contribution in [2.24, 2.45) is 0 Å². The van der Waals surface area contributed by atoms with Gasteiger partial charge in [-0.1, -0.05) is 0 Å². The highest BCUT2D eigenvalue weighted by Gasteiger charge is 2.05. The summed E-state index contributed by atoms with van der Waals surface area (Å²) in [5.74, 6) is 1.55. The number of nitrogens with one attached hydrogen (secondary N) is 1. The SMILES string of the molecule is CC(C)Oc1cccnc1NCCOCCN(C)C. The van der Waals surface area contributed by atoms with E-state index in [1.165, 1.54) is 0 Å². The van der Waals surface area contributed by atoms with Crippen molar-refractivity contribution in [2.75, 3.05) is 45.7 Å². The second-order valence-electron chi connectivity index (χ2n) is 4.86. The molecule has 0 aromatic carbocycles. The summed E-state index contributed by atoms with van der Waals surface area (Å²) in [4.78, 5) is 6.38. The van der Waals surface area contributed by atoms with Crippen molar-refractivity contribution in [1.29, 1.82) is 0 Å². The Morgan fingerprint density at radius 2 is 2.11 bits per heavy atom. The van der Waals surface area contributed by atoms with Crippen LogP contribution in [0.4, 0.5) is 5.82 Å². The molecule has 0 bridgehead atoms. The molecule has 1 rings (SSSR count). The van der Waals surface area contributed by atoms with Gasteiger partial charge < -0.3 is 19.7 Å². The molecule has 1 aromatic heterocycles. The zero-order valence-electron chi connectivity index (χ0n) is 12.3. The Kier molecular flexibility index (Phi) is 7.22. The Morgan fingerprint density at radius 3 is 2.79 bits per heavy atom. The molecule has 0 aliphatic carbocycles. The Labute approximate surface area is 115 Å². The van der Waals surface area contributed by atoms with Crippen LogP contribution in [0.5, 0.6) is 5.75 Å². The molecule has 1 aromatic rings. The van der Waals surface area contributed by atoms with E-state index in [0.29, 0.717) is 6.61 Å². The van der Waals surface area contributed by atoms with E-state index in [9.17, 15) is 0 Å². The van der Waals surface area contributed by atoms with Crippen LogP contribution in [-0.4, -0.2) is 56.4 Å². The van der Waals surface area contributed by atoms with E-state index in [4.69, 9.17) is 9.47 Å². The third-order valence-electron chi connectivity index (χ3n) is 2.36. The van der Waals surface area contributed by atoms with E-state index in [1.807, 2.05) is 40.1 Å². The molecule has 0 atom stereocenters. The molecule has 5 nitrogen and oxygen atoms in total. The lowest BCUT2D eigenvalue weighted by atomic mass is 10.4. The van der Waals surface area contributed by atoms with Gasteiger partial charge in [-0.15, -0.1) is 0 Å². The lowest BCUT2D eigenvalue weighted by molar-refractivity contribution is 0.126. The van der Waals surface area contributed by atoms with Crippen LogP contribution >= 0.6 is 0 Å². The quantitative estimate of drug-likeness (QED) is 0.692. The van der Waals surface area contributed by atoms with Crippen molar-refractivity contribution in [3.05, 3.63) is 18.3 Å². The highest BCUT2D eigenvalue weighted by molar-refractivity contribution is 5.49. The van der Waals surface area contributed by atoms with E-state index < -0.39 is 0 Å². The Bertz CT molecular complexity index is 356. The first-order chi connectivity index (χ1) is 9.09. The van der Waals surface area contributed by atoms with Crippen LogP contribution in [0.1, 0.15) is 13.8 Å². The second-order valence-corrected chi connectivity index (χ2v) is 4.86. The molecule has 0 saturated carbocycles. The Hall–Kier alpha value is -1.33. The van der Waals surface area contributed by atoms with Crippen molar-refractivity contribution in [1.82, 2.24) is 9.88 Å². The van der Waals surface area contributed by atoms with Crippen LogP contribution in [0.2, 0.25) is 0 Å². The van der Waals surface area contributed by atoms with Gasteiger partial charge in [0, 0.05) is 19.3 Å². The van der Waals surface area contributed by atoms with E-state index >= 15 is 0 Å². The average molecular weight is 267 g/mol. The Morgan fingerprint density at radius 1 is 1.32 bits per heavy atom. The minimum atomic E-state index is 0.140. The molecule has 1 heterocycles. The molecule has 5 heteroatoms. The molecule has 0 aliphatic heterocycles. The summed E-state index contributed by atoms with van der Waals surface area (Å²) in [6.07, 6.45) is 1.89. The second kappa shape index (κ2) is 8.72. The Balaban J connectivity index is 2.28. The molecular weight excluding hydrogens is 242 g/mol. The highest BCUT2D eigenvalue weighted by atomic mass is 16.5. The fourth-order valence-corrected chi connectivity index (χ4v) is 1.46. The van der Waals surface area contributed by atoms with Crippen LogP contribution in [0.25, 0.3) is 0 Å². The third-order valence-corrected chi connectivity index (χ3v) is 2.36. The number of hydrogen-bond acceptors (Lipinski definition) is 5. The lowest BCUT2D eigenvalue weighted by Gasteiger charge is -2.14. The van der Waals surface area contributed by atoms with Gasteiger partial charge in [-0.25, -0.2) is 4.98 Å². The van der Waals surface area contributed by atoms with Gasteiger partial charge >= 0.3 is 0 Å². The van der Waals surface area contributed by atoms with Crippen LogP contribution in [0.15, 0.2) is 18.3 Å². The zero-order valence-corrected chi connectivity index (χ0v) is 12.3. The molecule has 0 saturated heterocycles. The summed E-state index contributed by atoms with van der Waals surface area (Å²) in [6, 6.07) is 3.79. The molecule has 0 aliphatic rings. The van der Waals surface area contributed by atoms with Gasteiger partial charge in [0.05, 0.1) is 19.3 Å². The summed E-state index contributed by atoms with van der Waals surface area (Å²) in [6.45, 7) is 7.06. The fraction of sp³-hybridized carbons (Fsp3) is 0.643. The molecule has 19 heavy (non-hydrogen) atoms. The van der Waals surface area contributed by atoms with Gasteiger partial charge in [0.25, 0.3) is 0 Å². The first-order valence-corrected chi connectivity index (χ1v) is 6.67. The van der Waals surface area contributed by atoms with E-state index in [2.05, 4.69) is 15.2 Å². The van der Waals surface area contributed by atoms with Gasteiger partial charge in [-0.2, -0.15) is 0 Å². The fourth-order valence-electron chi connectivity index (χ4n) is 1.46. The standard InChI is InChI=1S/C14H25N3O2/c1-12(2)19-13-6-5-7-15-14(13)16-8-10-18-11-9-17(3)4/h5-7,12H,8-11H2,1-4H3,(H,15,16). The number of likely N-dealkylation sites (N-methyl/N-ethyl adjacent to an activating group) is 1. The normalized spacial score (nSPS) is 11.1. The van der Waals surface area contributed by atoms with Gasteiger partial charge in [0.1, 0.15) is 0 Å².